The fraction of sp³-hybridized carbons (Fsp3) is 0.0625. The second-order valence-electron chi connectivity index (χ2n) is 4.59. The third kappa shape index (κ3) is 2.15. The van der Waals surface area contributed by atoms with Gasteiger partial charge in [0.05, 0.1) is 0 Å². The van der Waals surface area contributed by atoms with Gasteiger partial charge in [0.1, 0.15) is 0 Å². The number of halogens is 1. The molecular formula is C16H12ClNO. The lowest BCUT2D eigenvalue weighted by Crippen LogP contribution is -2.06. The van der Waals surface area contributed by atoms with Crippen molar-refractivity contribution in [2.24, 2.45) is 0 Å². The molecule has 0 amide bonds. The number of fused-ring (bicyclic) bond motifs is 1. The van der Waals surface area contributed by atoms with Crippen molar-refractivity contribution in [3.63, 3.8) is 0 Å². The molecule has 0 fully saturated rings. The number of pyridine rings is 1. The van der Waals surface area contributed by atoms with Gasteiger partial charge in [0.25, 0.3) is 0 Å². The van der Waals surface area contributed by atoms with Crippen LogP contribution < -0.4 is 5.43 Å². The molecule has 1 aromatic heterocycles. The predicted molar refractivity (Wildman–Crippen MR) is 79.8 cm³/mol. The molecule has 2 aromatic carbocycles. The lowest BCUT2D eigenvalue weighted by Gasteiger charge is -2.04. The van der Waals surface area contributed by atoms with E-state index in [4.69, 9.17) is 11.6 Å². The van der Waals surface area contributed by atoms with E-state index in [0.717, 1.165) is 16.6 Å². The van der Waals surface area contributed by atoms with E-state index in [9.17, 15) is 4.79 Å². The minimum Gasteiger partial charge on any atom is -0.360 e. The number of nitrogens with one attached hydrogen (secondary N) is 1. The van der Waals surface area contributed by atoms with E-state index in [-0.39, 0.29) is 5.43 Å². The molecule has 0 radical (unpaired) electrons. The van der Waals surface area contributed by atoms with Gasteiger partial charge >= 0.3 is 0 Å². The maximum Gasteiger partial charge on any atom is 0.197 e. The number of H-pyrrole nitrogens is 1. The van der Waals surface area contributed by atoms with Gasteiger partial charge in [0, 0.05) is 27.7 Å². The summed E-state index contributed by atoms with van der Waals surface area (Å²) in [5, 5.41) is 1.38. The third-order valence-electron chi connectivity index (χ3n) is 3.19. The molecule has 0 aliphatic rings. The molecule has 0 bridgehead atoms. The highest BCUT2D eigenvalue weighted by Crippen LogP contribution is 2.20. The molecular weight excluding hydrogens is 258 g/mol. The Hall–Kier alpha value is -2.06. The van der Waals surface area contributed by atoms with Gasteiger partial charge in [-0.05, 0) is 36.8 Å². The van der Waals surface area contributed by atoms with E-state index in [1.54, 1.807) is 18.3 Å². The minimum atomic E-state index is 0.0415. The summed E-state index contributed by atoms with van der Waals surface area (Å²) in [6.45, 7) is 1.98. The van der Waals surface area contributed by atoms with Crippen molar-refractivity contribution in [3.05, 3.63) is 69.5 Å². The first-order valence-electron chi connectivity index (χ1n) is 6.03. The first-order chi connectivity index (χ1) is 9.15. The highest BCUT2D eigenvalue weighted by molar-refractivity contribution is 6.30. The third-order valence-corrected chi connectivity index (χ3v) is 3.44. The van der Waals surface area contributed by atoms with Gasteiger partial charge < -0.3 is 4.98 Å². The van der Waals surface area contributed by atoms with Gasteiger partial charge in [0.15, 0.2) is 5.43 Å². The van der Waals surface area contributed by atoms with Gasteiger partial charge in [-0.25, -0.2) is 0 Å². The maximum absolute atomic E-state index is 12.5. The number of hydrogen-bond donors (Lipinski definition) is 1. The standard InChI is InChI=1S/C16H12ClNO/c1-10-2-7-15-13(8-10)16(19)14(9-18-15)11-3-5-12(17)6-4-11/h2-9H,1H3,(H,18,19). The Morgan fingerprint density at radius 3 is 2.53 bits per heavy atom. The van der Waals surface area contributed by atoms with Crippen LogP contribution in [0.25, 0.3) is 22.0 Å². The summed E-state index contributed by atoms with van der Waals surface area (Å²) in [6, 6.07) is 13.1. The van der Waals surface area contributed by atoms with Crippen molar-refractivity contribution < 1.29 is 0 Å². The molecule has 0 unspecified atom stereocenters. The number of hydrogen-bond acceptors (Lipinski definition) is 1. The zero-order valence-corrected chi connectivity index (χ0v) is 11.2. The van der Waals surface area contributed by atoms with E-state index in [1.165, 1.54) is 0 Å². The predicted octanol–water partition coefficient (Wildman–Crippen LogP) is 4.16. The van der Waals surface area contributed by atoms with Crippen molar-refractivity contribution >= 4 is 22.5 Å². The Labute approximate surface area is 115 Å². The van der Waals surface area contributed by atoms with E-state index in [0.29, 0.717) is 16.0 Å². The summed E-state index contributed by atoms with van der Waals surface area (Å²) in [5.74, 6) is 0. The van der Waals surface area contributed by atoms with E-state index < -0.39 is 0 Å². The van der Waals surface area contributed by atoms with Crippen molar-refractivity contribution in [1.82, 2.24) is 4.98 Å². The molecule has 0 spiro atoms. The van der Waals surface area contributed by atoms with Crippen LogP contribution in [0.5, 0.6) is 0 Å². The molecule has 3 aromatic rings. The lowest BCUT2D eigenvalue weighted by molar-refractivity contribution is 1.37. The van der Waals surface area contributed by atoms with Crippen LogP contribution in [0.3, 0.4) is 0 Å². The zero-order chi connectivity index (χ0) is 13.4. The van der Waals surface area contributed by atoms with E-state index in [2.05, 4.69) is 4.98 Å². The summed E-state index contributed by atoms with van der Waals surface area (Å²) in [5.41, 5.74) is 3.50. The normalized spacial score (nSPS) is 10.8. The second kappa shape index (κ2) is 4.56. The summed E-state index contributed by atoms with van der Waals surface area (Å²) in [4.78, 5) is 15.7. The Kier molecular flexibility index (Phi) is 2.88. The molecule has 1 heterocycles. The van der Waals surface area contributed by atoms with Gasteiger partial charge in [-0.2, -0.15) is 0 Å². The van der Waals surface area contributed by atoms with E-state index in [1.807, 2.05) is 37.3 Å². The fourth-order valence-electron chi connectivity index (χ4n) is 2.18. The number of aromatic amines is 1. The Bertz CT molecular complexity index is 803. The van der Waals surface area contributed by atoms with Crippen molar-refractivity contribution in [2.75, 3.05) is 0 Å². The monoisotopic (exact) mass is 269 g/mol. The lowest BCUT2D eigenvalue weighted by atomic mass is 10.0. The second-order valence-corrected chi connectivity index (χ2v) is 5.02. The average Bonchev–Trinajstić information content (AvgIpc) is 2.41. The van der Waals surface area contributed by atoms with Crippen LogP contribution in [0.15, 0.2) is 53.5 Å². The molecule has 0 saturated heterocycles. The molecule has 0 aliphatic heterocycles. The molecule has 3 rings (SSSR count). The molecule has 19 heavy (non-hydrogen) atoms. The Morgan fingerprint density at radius 1 is 1.05 bits per heavy atom. The quantitative estimate of drug-likeness (QED) is 0.707. The zero-order valence-electron chi connectivity index (χ0n) is 10.4. The van der Waals surface area contributed by atoms with Crippen molar-refractivity contribution in [2.45, 2.75) is 6.92 Å². The number of aryl methyl sites for hydroxylation is 1. The average molecular weight is 270 g/mol. The summed E-state index contributed by atoms with van der Waals surface area (Å²) in [7, 11) is 0. The van der Waals surface area contributed by atoms with Crippen LogP contribution in [0.4, 0.5) is 0 Å². The smallest absolute Gasteiger partial charge is 0.197 e. The van der Waals surface area contributed by atoms with Crippen LogP contribution in [0.1, 0.15) is 5.56 Å². The van der Waals surface area contributed by atoms with Crippen LogP contribution in [0, 0.1) is 6.92 Å². The topological polar surface area (TPSA) is 32.9 Å². The summed E-state index contributed by atoms with van der Waals surface area (Å²) in [6.07, 6.45) is 1.75. The number of benzene rings is 2. The van der Waals surface area contributed by atoms with Gasteiger partial charge in [0.2, 0.25) is 0 Å². The molecule has 1 N–H and O–H groups in total. The van der Waals surface area contributed by atoms with Crippen molar-refractivity contribution in [1.29, 1.82) is 0 Å². The molecule has 94 valence electrons. The Balaban J connectivity index is 2.28. The molecule has 0 atom stereocenters. The number of rotatable bonds is 1. The van der Waals surface area contributed by atoms with E-state index >= 15 is 0 Å². The minimum absolute atomic E-state index is 0.0415. The first kappa shape index (κ1) is 12.0. The largest absolute Gasteiger partial charge is 0.360 e. The molecule has 0 saturated carbocycles. The maximum atomic E-state index is 12.5. The number of aromatic nitrogens is 1. The molecule has 3 heteroatoms. The Morgan fingerprint density at radius 2 is 1.79 bits per heavy atom. The first-order valence-corrected chi connectivity index (χ1v) is 6.41. The van der Waals surface area contributed by atoms with Gasteiger partial charge in [-0.15, -0.1) is 0 Å². The van der Waals surface area contributed by atoms with Crippen LogP contribution in [-0.4, -0.2) is 4.98 Å². The van der Waals surface area contributed by atoms with Crippen LogP contribution in [-0.2, 0) is 0 Å². The van der Waals surface area contributed by atoms with Gasteiger partial charge in [-0.1, -0.05) is 35.4 Å². The van der Waals surface area contributed by atoms with Crippen LogP contribution >= 0.6 is 11.6 Å². The summed E-state index contributed by atoms with van der Waals surface area (Å²) < 4.78 is 0. The SMILES string of the molecule is Cc1ccc2[nH]cc(-c3ccc(Cl)cc3)c(=O)c2c1. The highest BCUT2D eigenvalue weighted by atomic mass is 35.5. The van der Waals surface area contributed by atoms with Crippen molar-refractivity contribution in [3.8, 4) is 11.1 Å². The van der Waals surface area contributed by atoms with Gasteiger partial charge in [-0.3, -0.25) is 4.79 Å². The molecule has 2 nitrogen and oxygen atoms in total. The summed E-state index contributed by atoms with van der Waals surface area (Å²) >= 11 is 5.87. The van der Waals surface area contributed by atoms with Crippen LogP contribution in [0.2, 0.25) is 5.02 Å². The highest BCUT2D eigenvalue weighted by Gasteiger charge is 2.07. The fourth-order valence-corrected chi connectivity index (χ4v) is 2.30. The molecule has 0 aliphatic carbocycles.